The van der Waals surface area contributed by atoms with Crippen LogP contribution in [-0.2, 0) is 0 Å². The Bertz CT molecular complexity index is 111. The molecule has 0 aliphatic rings. The van der Waals surface area contributed by atoms with Gasteiger partial charge >= 0.3 is 0 Å². The highest BCUT2D eigenvalue weighted by Crippen LogP contribution is 1.75. The average molecular weight is 79.9 g/mol. The molecule has 0 aromatic carbocycles. The fraction of sp³-hybridized carbons (Fsp3) is 0. The van der Waals surface area contributed by atoms with Gasteiger partial charge in [-0.2, -0.15) is 0 Å². The first-order valence-corrected chi connectivity index (χ1v) is 1.90. The second-order valence-electron chi connectivity index (χ2n) is 1.22. The van der Waals surface area contributed by atoms with Gasteiger partial charge in [0.2, 0.25) is 0 Å². The zero-order valence-corrected chi connectivity index (χ0v) is 3.64. The first-order chi connectivity index (χ1) is 2.89. The smallest absolute Gasteiger partial charge is 0.186 e. The van der Waals surface area contributed by atoms with E-state index in [1.165, 1.54) is 0 Å². The lowest BCUT2D eigenvalue weighted by Crippen LogP contribution is -1.92. The average Bonchev–Trinajstić information content (AvgIpc) is 1.86. The van der Waals surface area contributed by atoms with Crippen LogP contribution in [0.2, 0.25) is 0 Å². The van der Waals surface area contributed by atoms with Crippen LogP contribution in [0, 0.1) is 0 Å². The van der Waals surface area contributed by atoms with Gasteiger partial charge in [-0.1, -0.05) is 0 Å². The van der Waals surface area contributed by atoms with Gasteiger partial charge in [0.25, 0.3) is 0 Å². The molecule has 1 heterocycles. The summed E-state index contributed by atoms with van der Waals surface area (Å²) in [6, 6.07) is 3.79. The van der Waals surface area contributed by atoms with Gasteiger partial charge in [-0.25, -0.2) is 0 Å². The molecule has 0 aliphatic carbocycles. The quantitative estimate of drug-likeness (QED) is 0.384. The van der Waals surface area contributed by atoms with Gasteiger partial charge in [-0.3, -0.25) is 0 Å². The maximum absolute atomic E-state index is 4.83. The molecule has 1 aromatic heterocycles. The molecule has 0 bridgehead atoms. The minimum absolute atomic E-state index is 0.968. The van der Waals surface area contributed by atoms with Crippen molar-refractivity contribution < 1.29 is 4.42 Å². The minimum atomic E-state index is 0.968. The van der Waals surface area contributed by atoms with E-state index in [9.17, 15) is 0 Å². The van der Waals surface area contributed by atoms with Crippen LogP contribution in [-0.4, -0.2) is 7.85 Å². The van der Waals surface area contributed by atoms with Crippen LogP contribution in [0.1, 0.15) is 0 Å². The Labute approximate surface area is 37.4 Å². The lowest BCUT2D eigenvalue weighted by atomic mass is 10.1. The highest BCUT2D eigenvalue weighted by atomic mass is 16.3. The van der Waals surface area contributed by atoms with Gasteiger partial charge in [0, 0.05) is 0 Å². The molecule has 0 N–H and O–H groups in total. The SMILES string of the molecule is Bc1ccco1. The molecule has 0 amide bonds. The van der Waals surface area contributed by atoms with E-state index in [0.717, 1.165) is 5.66 Å². The molecule has 0 atom stereocenters. The van der Waals surface area contributed by atoms with E-state index in [4.69, 9.17) is 4.42 Å². The largest absolute Gasteiger partial charge is 0.480 e. The molecule has 0 saturated heterocycles. The van der Waals surface area contributed by atoms with E-state index >= 15 is 0 Å². The Morgan fingerprint density at radius 1 is 1.67 bits per heavy atom. The van der Waals surface area contributed by atoms with Crippen LogP contribution in [0.4, 0.5) is 0 Å². The molecule has 1 rings (SSSR count). The molecule has 0 fully saturated rings. The Morgan fingerprint density at radius 3 is 2.67 bits per heavy atom. The number of hydrogen-bond acceptors (Lipinski definition) is 1. The van der Waals surface area contributed by atoms with E-state index in [-0.39, 0.29) is 0 Å². The van der Waals surface area contributed by atoms with Crippen molar-refractivity contribution in [3.63, 3.8) is 0 Å². The summed E-state index contributed by atoms with van der Waals surface area (Å²) in [5.74, 6) is 0. The highest BCUT2D eigenvalue weighted by molar-refractivity contribution is 6.29. The first-order valence-electron chi connectivity index (χ1n) is 1.90. The van der Waals surface area contributed by atoms with Crippen LogP contribution in [0.5, 0.6) is 0 Å². The lowest BCUT2D eigenvalue weighted by molar-refractivity contribution is 0.602. The standard InChI is InChI=1S/C4H5BO/c5-4-2-1-3-6-4/h1-3H,5H2. The second-order valence-corrected chi connectivity index (χ2v) is 1.22. The Kier molecular flexibility index (Phi) is 0.711. The fourth-order valence-electron chi connectivity index (χ4n) is 0.361. The topological polar surface area (TPSA) is 13.1 Å². The second kappa shape index (κ2) is 1.21. The summed E-state index contributed by atoms with van der Waals surface area (Å²) < 4.78 is 4.83. The predicted molar refractivity (Wildman–Crippen MR) is 26.9 cm³/mol. The van der Waals surface area contributed by atoms with E-state index in [0.29, 0.717) is 0 Å². The first kappa shape index (κ1) is 3.53. The molecule has 0 unspecified atom stereocenters. The number of rotatable bonds is 0. The minimum Gasteiger partial charge on any atom is -0.480 e. The molecular formula is C4H5BO. The van der Waals surface area contributed by atoms with Crippen molar-refractivity contribution in [1.82, 2.24) is 0 Å². The van der Waals surface area contributed by atoms with Crippen LogP contribution >= 0.6 is 0 Å². The van der Waals surface area contributed by atoms with Crippen molar-refractivity contribution in [1.29, 1.82) is 0 Å². The number of hydrogen-bond donors (Lipinski definition) is 0. The normalized spacial score (nSPS) is 8.67. The fourth-order valence-corrected chi connectivity index (χ4v) is 0.361. The molecule has 0 aliphatic heterocycles. The molecule has 0 radical (unpaired) electrons. The molecule has 1 aromatic rings. The van der Waals surface area contributed by atoms with Gasteiger partial charge in [0.1, 0.15) is 0 Å². The maximum atomic E-state index is 4.83. The van der Waals surface area contributed by atoms with E-state index in [1.807, 2.05) is 20.0 Å². The molecular weight excluding hydrogens is 74.9 g/mol. The van der Waals surface area contributed by atoms with Gasteiger partial charge in [0.05, 0.1) is 11.9 Å². The van der Waals surface area contributed by atoms with Crippen LogP contribution in [0.15, 0.2) is 22.8 Å². The van der Waals surface area contributed by atoms with E-state index in [2.05, 4.69) is 0 Å². The third kappa shape index (κ3) is 0.457. The molecule has 6 heavy (non-hydrogen) atoms. The highest BCUT2D eigenvalue weighted by Gasteiger charge is 1.76. The predicted octanol–water partition coefficient (Wildman–Crippen LogP) is -0.462. The summed E-state index contributed by atoms with van der Waals surface area (Å²) in [5, 5.41) is 0. The molecule has 0 spiro atoms. The Balaban J connectivity index is 3.05. The van der Waals surface area contributed by atoms with Crippen LogP contribution in [0.25, 0.3) is 0 Å². The van der Waals surface area contributed by atoms with Gasteiger partial charge in [-0.15, -0.1) is 0 Å². The lowest BCUT2D eigenvalue weighted by Gasteiger charge is -1.69. The van der Waals surface area contributed by atoms with E-state index < -0.39 is 0 Å². The third-order valence-corrected chi connectivity index (χ3v) is 0.663. The van der Waals surface area contributed by atoms with Crippen molar-refractivity contribution in [3.05, 3.63) is 18.4 Å². The summed E-state index contributed by atoms with van der Waals surface area (Å²) >= 11 is 0. The molecule has 1 nitrogen and oxygen atoms in total. The summed E-state index contributed by atoms with van der Waals surface area (Å²) in [4.78, 5) is 0. The van der Waals surface area contributed by atoms with Crippen molar-refractivity contribution in [2.75, 3.05) is 0 Å². The zero-order valence-electron chi connectivity index (χ0n) is 3.64. The van der Waals surface area contributed by atoms with Crippen LogP contribution < -0.4 is 5.66 Å². The molecule has 0 saturated carbocycles. The summed E-state index contributed by atoms with van der Waals surface area (Å²) in [6.45, 7) is 0. The van der Waals surface area contributed by atoms with E-state index in [1.54, 1.807) is 6.26 Å². The summed E-state index contributed by atoms with van der Waals surface area (Å²) in [7, 11) is 1.92. The third-order valence-electron chi connectivity index (χ3n) is 0.663. The van der Waals surface area contributed by atoms with Gasteiger partial charge < -0.3 is 4.42 Å². The summed E-state index contributed by atoms with van der Waals surface area (Å²) in [5.41, 5.74) is 0.968. The summed E-state index contributed by atoms with van der Waals surface area (Å²) in [6.07, 6.45) is 1.66. The van der Waals surface area contributed by atoms with Crippen molar-refractivity contribution in [2.24, 2.45) is 0 Å². The molecule has 2 heteroatoms. The monoisotopic (exact) mass is 80.0 g/mol. The number of furan rings is 1. The van der Waals surface area contributed by atoms with Crippen molar-refractivity contribution in [2.45, 2.75) is 0 Å². The maximum Gasteiger partial charge on any atom is 0.186 e. The zero-order chi connectivity index (χ0) is 4.41. The Hall–Kier alpha value is -0.655. The van der Waals surface area contributed by atoms with Crippen LogP contribution in [0.3, 0.4) is 0 Å². The van der Waals surface area contributed by atoms with Crippen molar-refractivity contribution in [3.8, 4) is 0 Å². The van der Waals surface area contributed by atoms with Crippen molar-refractivity contribution >= 4 is 13.5 Å². The Morgan fingerprint density at radius 2 is 2.50 bits per heavy atom. The molecule has 30 valence electrons. The van der Waals surface area contributed by atoms with Gasteiger partial charge in [0.15, 0.2) is 7.85 Å². The van der Waals surface area contributed by atoms with Gasteiger partial charge in [-0.05, 0) is 12.1 Å².